The molecule has 1 aliphatic heterocycles. The van der Waals surface area contributed by atoms with Gasteiger partial charge in [0.2, 0.25) is 5.91 Å². The topological polar surface area (TPSA) is 55.1 Å². The standard InChI is InChI=1S/C15H20N2O/c16-14-6-7-15(18)17-9-13(14)12-5-4-10-2-1-3-11(10)8-12/h4-5,8,13-14H,1-3,6-7,9,16H2,(H,17,18). The van der Waals surface area contributed by atoms with Crippen molar-refractivity contribution in [2.24, 2.45) is 5.73 Å². The van der Waals surface area contributed by atoms with E-state index in [1.807, 2.05) is 0 Å². The monoisotopic (exact) mass is 244 g/mol. The first-order valence-corrected chi connectivity index (χ1v) is 6.88. The van der Waals surface area contributed by atoms with Crippen LogP contribution in [0.1, 0.15) is 41.9 Å². The molecular weight excluding hydrogens is 224 g/mol. The van der Waals surface area contributed by atoms with Gasteiger partial charge in [-0.15, -0.1) is 0 Å². The molecule has 0 bridgehead atoms. The molecule has 1 aliphatic carbocycles. The van der Waals surface area contributed by atoms with Crippen LogP contribution in [0.3, 0.4) is 0 Å². The first-order valence-electron chi connectivity index (χ1n) is 6.88. The number of rotatable bonds is 1. The zero-order valence-corrected chi connectivity index (χ0v) is 10.6. The number of carbonyl (C=O) groups excluding carboxylic acids is 1. The van der Waals surface area contributed by atoms with Gasteiger partial charge in [0.05, 0.1) is 0 Å². The van der Waals surface area contributed by atoms with Gasteiger partial charge in [0.1, 0.15) is 0 Å². The van der Waals surface area contributed by atoms with Crippen molar-refractivity contribution in [3.05, 3.63) is 34.9 Å². The van der Waals surface area contributed by atoms with E-state index in [2.05, 4.69) is 23.5 Å². The van der Waals surface area contributed by atoms with Gasteiger partial charge in [-0.05, 0) is 42.4 Å². The molecule has 3 heteroatoms. The molecule has 1 saturated heterocycles. The lowest BCUT2D eigenvalue weighted by Gasteiger charge is -2.22. The molecule has 1 fully saturated rings. The van der Waals surface area contributed by atoms with E-state index in [1.165, 1.54) is 36.0 Å². The van der Waals surface area contributed by atoms with Crippen molar-refractivity contribution in [2.45, 2.75) is 44.1 Å². The van der Waals surface area contributed by atoms with Gasteiger partial charge in [0.15, 0.2) is 0 Å². The molecule has 2 aliphatic rings. The quantitative estimate of drug-likeness (QED) is 0.786. The minimum Gasteiger partial charge on any atom is -0.355 e. The fourth-order valence-electron chi connectivity index (χ4n) is 3.15. The number of carbonyl (C=O) groups is 1. The summed E-state index contributed by atoms with van der Waals surface area (Å²) in [6.07, 6.45) is 5.02. The third-order valence-corrected chi connectivity index (χ3v) is 4.29. The summed E-state index contributed by atoms with van der Waals surface area (Å²) >= 11 is 0. The van der Waals surface area contributed by atoms with Gasteiger partial charge in [-0.2, -0.15) is 0 Å². The zero-order chi connectivity index (χ0) is 12.5. The molecule has 2 atom stereocenters. The number of aryl methyl sites for hydroxylation is 2. The van der Waals surface area contributed by atoms with Crippen LogP contribution >= 0.6 is 0 Å². The van der Waals surface area contributed by atoms with Crippen LogP contribution in [0.5, 0.6) is 0 Å². The third kappa shape index (κ3) is 2.15. The number of hydrogen-bond donors (Lipinski definition) is 2. The average Bonchev–Trinajstić information content (AvgIpc) is 2.77. The van der Waals surface area contributed by atoms with Crippen LogP contribution < -0.4 is 11.1 Å². The Hall–Kier alpha value is -1.35. The Morgan fingerprint density at radius 1 is 1.17 bits per heavy atom. The van der Waals surface area contributed by atoms with Gasteiger partial charge in [-0.3, -0.25) is 4.79 Å². The predicted octanol–water partition coefficient (Wildman–Crippen LogP) is 1.50. The van der Waals surface area contributed by atoms with Crippen molar-refractivity contribution in [1.29, 1.82) is 0 Å². The molecule has 0 saturated carbocycles. The minimum atomic E-state index is 0.0865. The second kappa shape index (κ2) is 4.73. The Kier molecular flexibility index (Phi) is 3.08. The van der Waals surface area contributed by atoms with Gasteiger partial charge < -0.3 is 11.1 Å². The number of fused-ring (bicyclic) bond motifs is 1. The van der Waals surface area contributed by atoms with Crippen molar-refractivity contribution >= 4 is 5.91 Å². The van der Waals surface area contributed by atoms with E-state index in [0.717, 1.165) is 6.42 Å². The molecule has 1 amide bonds. The molecule has 0 spiro atoms. The molecule has 0 aromatic heterocycles. The highest BCUT2D eigenvalue weighted by atomic mass is 16.1. The molecule has 3 rings (SSSR count). The summed E-state index contributed by atoms with van der Waals surface area (Å²) in [5.41, 5.74) is 10.5. The molecule has 18 heavy (non-hydrogen) atoms. The predicted molar refractivity (Wildman–Crippen MR) is 71.4 cm³/mol. The second-order valence-electron chi connectivity index (χ2n) is 5.49. The van der Waals surface area contributed by atoms with E-state index in [1.54, 1.807) is 0 Å². The van der Waals surface area contributed by atoms with Crippen molar-refractivity contribution in [3.63, 3.8) is 0 Å². The Morgan fingerprint density at radius 2 is 2.00 bits per heavy atom. The van der Waals surface area contributed by atoms with E-state index in [0.29, 0.717) is 13.0 Å². The summed E-state index contributed by atoms with van der Waals surface area (Å²) in [6, 6.07) is 6.84. The SMILES string of the molecule is NC1CCC(=O)NCC1c1ccc2c(c1)CCC2. The van der Waals surface area contributed by atoms with Crippen LogP contribution in [0.2, 0.25) is 0 Å². The minimum absolute atomic E-state index is 0.0865. The molecule has 3 nitrogen and oxygen atoms in total. The number of nitrogens with two attached hydrogens (primary N) is 1. The Bertz CT molecular complexity index is 470. The van der Waals surface area contributed by atoms with E-state index in [9.17, 15) is 4.79 Å². The Labute approximate surface area is 108 Å². The second-order valence-corrected chi connectivity index (χ2v) is 5.49. The van der Waals surface area contributed by atoms with Crippen molar-refractivity contribution < 1.29 is 4.79 Å². The van der Waals surface area contributed by atoms with Gasteiger partial charge in [0.25, 0.3) is 0 Å². The molecular formula is C15H20N2O. The highest BCUT2D eigenvalue weighted by Crippen LogP contribution is 2.28. The maximum atomic E-state index is 11.4. The van der Waals surface area contributed by atoms with Crippen LogP contribution in [0, 0.1) is 0 Å². The maximum absolute atomic E-state index is 11.4. The van der Waals surface area contributed by atoms with E-state index < -0.39 is 0 Å². The zero-order valence-electron chi connectivity index (χ0n) is 10.6. The third-order valence-electron chi connectivity index (χ3n) is 4.29. The van der Waals surface area contributed by atoms with Crippen LogP contribution in [-0.4, -0.2) is 18.5 Å². The first kappa shape index (κ1) is 11.7. The lowest BCUT2D eigenvalue weighted by molar-refractivity contribution is -0.120. The van der Waals surface area contributed by atoms with Crippen molar-refractivity contribution in [3.8, 4) is 0 Å². The highest BCUT2D eigenvalue weighted by Gasteiger charge is 2.25. The average molecular weight is 244 g/mol. The Balaban J connectivity index is 1.86. The summed E-state index contributed by atoms with van der Waals surface area (Å²) in [5, 5.41) is 2.97. The van der Waals surface area contributed by atoms with Gasteiger partial charge >= 0.3 is 0 Å². The molecule has 1 aromatic rings. The maximum Gasteiger partial charge on any atom is 0.220 e. The fourth-order valence-corrected chi connectivity index (χ4v) is 3.15. The van der Waals surface area contributed by atoms with E-state index in [-0.39, 0.29) is 17.9 Å². The molecule has 1 aromatic carbocycles. The Morgan fingerprint density at radius 3 is 2.89 bits per heavy atom. The van der Waals surface area contributed by atoms with Crippen LogP contribution in [0.4, 0.5) is 0 Å². The number of amides is 1. The first-order chi connectivity index (χ1) is 8.74. The van der Waals surface area contributed by atoms with Crippen LogP contribution in [0.25, 0.3) is 0 Å². The largest absolute Gasteiger partial charge is 0.355 e. The van der Waals surface area contributed by atoms with E-state index >= 15 is 0 Å². The van der Waals surface area contributed by atoms with Crippen LogP contribution in [0.15, 0.2) is 18.2 Å². The van der Waals surface area contributed by atoms with Gasteiger partial charge in [0, 0.05) is 24.9 Å². The molecule has 3 N–H and O–H groups in total. The lowest BCUT2D eigenvalue weighted by atomic mass is 9.88. The van der Waals surface area contributed by atoms with Crippen LogP contribution in [-0.2, 0) is 17.6 Å². The number of hydrogen-bond acceptors (Lipinski definition) is 2. The smallest absolute Gasteiger partial charge is 0.220 e. The molecule has 2 unspecified atom stereocenters. The molecule has 0 radical (unpaired) electrons. The summed E-state index contributed by atoms with van der Waals surface area (Å²) in [7, 11) is 0. The number of nitrogens with one attached hydrogen (secondary N) is 1. The molecule has 96 valence electrons. The number of benzene rings is 1. The normalized spacial score (nSPS) is 27.5. The van der Waals surface area contributed by atoms with Gasteiger partial charge in [-0.1, -0.05) is 18.2 Å². The molecule has 1 heterocycles. The highest BCUT2D eigenvalue weighted by molar-refractivity contribution is 5.76. The van der Waals surface area contributed by atoms with E-state index in [4.69, 9.17) is 5.73 Å². The lowest BCUT2D eigenvalue weighted by Crippen LogP contribution is -2.33. The van der Waals surface area contributed by atoms with Gasteiger partial charge in [-0.25, -0.2) is 0 Å². The van der Waals surface area contributed by atoms with Crippen molar-refractivity contribution in [2.75, 3.05) is 6.54 Å². The summed E-state index contributed by atoms with van der Waals surface area (Å²) in [5.74, 6) is 0.400. The summed E-state index contributed by atoms with van der Waals surface area (Å²) in [4.78, 5) is 11.4. The summed E-state index contributed by atoms with van der Waals surface area (Å²) < 4.78 is 0. The fraction of sp³-hybridized carbons (Fsp3) is 0.533. The summed E-state index contributed by atoms with van der Waals surface area (Å²) in [6.45, 7) is 0.679. The van der Waals surface area contributed by atoms with Crippen molar-refractivity contribution in [1.82, 2.24) is 5.32 Å².